The van der Waals surface area contributed by atoms with Gasteiger partial charge in [0.05, 0.1) is 30.1 Å². The van der Waals surface area contributed by atoms with Crippen molar-refractivity contribution in [3.05, 3.63) is 46.0 Å². The van der Waals surface area contributed by atoms with Gasteiger partial charge in [0, 0.05) is 11.5 Å². The van der Waals surface area contributed by atoms with Crippen LogP contribution in [0.5, 0.6) is 0 Å². The zero-order valence-corrected chi connectivity index (χ0v) is 22.7. The van der Waals surface area contributed by atoms with Crippen molar-refractivity contribution in [3.8, 4) is 0 Å². The molecular weight excluding hydrogens is 486 g/mol. The van der Waals surface area contributed by atoms with Gasteiger partial charge in [-0.2, -0.15) is 0 Å². The summed E-state index contributed by atoms with van der Waals surface area (Å²) >= 11 is 0. The molecule has 2 heterocycles. The van der Waals surface area contributed by atoms with E-state index >= 15 is 0 Å². The maximum atomic E-state index is 12.4. The molecule has 38 heavy (non-hydrogen) atoms. The third-order valence-electron chi connectivity index (χ3n) is 11.6. The first-order chi connectivity index (χ1) is 18.0. The molecule has 1 aliphatic heterocycles. The molecular formula is C30H43NO7. The molecule has 6 rings (SSSR count). The number of aliphatic hydroxyl groups is 3. The van der Waals surface area contributed by atoms with Crippen LogP contribution in [-0.2, 0) is 9.47 Å². The van der Waals surface area contributed by atoms with Crippen LogP contribution in [0.3, 0.4) is 0 Å². The van der Waals surface area contributed by atoms with Gasteiger partial charge in [0.1, 0.15) is 12.2 Å². The van der Waals surface area contributed by atoms with Crippen molar-refractivity contribution in [3.63, 3.8) is 0 Å². The molecule has 0 aromatic carbocycles. The lowest BCUT2D eigenvalue weighted by molar-refractivity contribution is -0.279. The number of allylic oxidation sites excluding steroid dienone is 1. The van der Waals surface area contributed by atoms with Crippen LogP contribution in [-0.4, -0.2) is 57.7 Å². The molecule has 5 aliphatic rings. The fourth-order valence-corrected chi connectivity index (χ4v) is 9.21. The minimum Gasteiger partial charge on any atom is -0.431 e. The Balaban J connectivity index is 1.21. The van der Waals surface area contributed by atoms with Crippen LogP contribution in [0.15, 0.2) is 39.3 Å². The minimum atomic E-state index is -1.18. The monoisotopic (exact) mass is 529 g/mol. The van der Waals surface area contributed by atoms with Crippen LogP contribution >= 0.6 is 0 Å². The maximum absolute atomic E-state index is 12.4. The van der Waals surface area contributed by atoms with E-state index in [1.807, 2.05) is 6.07 Å². The Hall–Kier alpha value is -1.55. The van der Waals surface area contributed by atoms with E-state index in [1.54, 1.807) is 13.2 Å². The van der Waals surface area contributed by atoms with Crippen molar-refractivity contribution in [2.75, 3.05) is 0 Å². The first kappa shape index (κ1) is 26.7. The number of rotatable bonds is 3. The average Bonchev–Trinajstić information content (AvgIpc) is 3.18. The van der Waals surface area contributed by atoms with Crippen molar-refractivity contribution in [1.29, 1.82) is 0 Å². The number of nitrogens with two attached hydrogens (primary N) is 1. The number of fused-ring (bicyclic) bond motifs is 5. The van der Waals surface area contributed by atoms with E-state index < -0.39 is 36.2 Å². The molecule has 3 saturated carbocycles. The van der Waals surface area contributed by atoms with Gasteiger partial charge in [-0.3, -0.25) is 0 Å². The molecule has 210 valence electrons. The number of ether oxygens (including phenoxy) is 2. The minimum absolute atomic E-state index is 0.00133. The molecule has 8 heteroatoms. The Morgan fingerprint density at radius 1 is 1.03 bits per heavy atom. The second-order valence-corrected chi connectivity index (χ2v) is 13.2. The molecule has 5 N–H and O–H groups in total. The topological polar surface area (TPSA) is 135 Å². The molecule has 4 aliphatic carbocycles. The van der Waals surface area contributed by atoms with Gasteiger partial charge in [-0.25, -0.2) is 4.79 Å². The molecule has 1 saturated heterocycles. The third-order valence-corrected chi connectivity index (χ3v) is 11.6. The SMILES string of the molecule is C[C@@H]1O[C@@H](O[C@@H]2C=C3CC[C@@H]4[C@H](CC[C@]5(C)[C@@H](c6ccc(=O)oc6)CC[C@]45O)[C@@]3(C)CC2)[C@H](O)[C@H](O)[C@H]1N. The summed E-state index contributed by atoms with van der Waals surface area (Å²) in [5, 5.41) is 33.2. The highest BCUT2D eigenvalue weighted by atomic mass is 16.7. The average molecular weight is 530 g/mol. The molecule has 0 radical (unpaired) electrons. The van der Waals surface area contributed by atoms with Gasteiger partial charge in [-0.15, -0.1) is 0 Å². The van der Waals surface area contributed by atoms with Crippen LogP contribution in [0.25, 0.3) is 0 Å². The lowest BCUT2D eigenvalue weighted by Gasteiger charge is -2.62. The number of aliphatic hydroxyl groups excluding tert-OH is 2. The fraction of sp³-hybridized carbons (Fsp3) is 0.767. The Morgan fingerprint density at radius 2 is 1.82 bits per heavy atom. The van der Waals surface area contributed by atoms with E-state index in [2.05, 4.69) is 19.9 Å². The largest absolute Gasteiger partial charge is 0.431 e. The van der Waals surface area contributed by atoms with Gasteiger partial charge in [-0.1, -0.05) is 25.5 Å². The van der Waals surface area contributed by atoms with Crippen molar-refractivity contribution in [2.24, 2.45) is 28.4 Å². The molecule has 0 bridgehead atoms. The van der Waals surface area contributed by atoms with Crippen LogP contribution < -0.4 is 11.4 Å². The van der Waals surface area contributed by atoms with E-state index in [0.717, 1.165) is 56.9 Å². The number of hydrogen-bond acceptors (Lipinski definition) is 8. The van der Waals surface area contributed by atoms with Gasteiger partial charge >= 0.3 is 5.63 Å². The Morgan fingerprint density at radius 3 is 2.55 bits per heavy atom. The number of hydrogen-bond donors (Lipinski definition) is 4. The van der Waals surface area contributed by atoms with Crippen molar-refractivity contribution in [1.82, 2.24) is 0 Å². The molecule has 0 spiro atoms. The predicted octanol–water partition coefficient (Wildman–Crippen LogP) is 2.98. The summed E-state index contributed by atoms with van der Waals surface area (Å²) in [6, 6.07) is 2.73. The van der Waals surface area contributed by atoms with Gasteiger partial charge in [0.2, 0.25) is 0 Å². The highest BCUT2D eigenvalue weighted by Crippen LogP contribution is 2.70. The molecule has 1 aromatic heterocycles. The second-order valence-electron chi connectivity index (χ2n) is 13.2. The van der Waals surface area contributed by atoms with Crippen LogP contribution in [0, 0.1) is 22.7 Å². The van der Waals surface area contributed by atoms with Crippen LogP contribution in [0.1, 0.15) is 83.6 Å². The zero-order valence-electron chi connectivity index (χ0n) is 22.7. The van der Waals surface area contributed by atoms with Crippen LogP contribution in [0.2, 0.25) is 0 Å². The van der Waals surface area contributed by atoms with E-state index in [9.17, 15) is 20.1 Å². The summed E-state index contributed by atoms with van der Waals surface area (Å²) < 4.78 is 17.2. The smallest absolute Gasteiger partial charge is 0.335 e. The van der Waals surface area contributed by atoms with E-state index in [1.165, 1.54) is 11.6 Å². The summed E-state index contributed by atoms with van der Waals surface area (Å²) in [6.45, 7) is 6.41. The van der Waals surface area contributed by atoms with E-state index in [0.29, 0.717) is 5.92 Å². The summed E-state index contributed by atoms with van der Waals surface area (Å²) in [5.41, 5.74) is 7.01. The first-order valence-electron chi connectivity index (χ1n) is 14.4. The molecule has 0 amide bonds. The Labute approximate surface area is 224 Å². The van der Waals surface area contributed by atoms with Crippen LogP contribution in [0.4, 0.5) is 0 Å². The highest BCUT2D eigenvalue weighted by molar-refractivity contribution is 5.31. The molecule has 4 fully saturated rings. The maximum Gasteiger partial charge on any atom is 0.335 e. The van der Waals surface area contributed by atoms with Crippen molar-refractivity contribution >= 4 is 0 Å². The van der Waals surface area contributed by atoms with Gasteiger partial charge in [0.15, 0.2) is 6.29 Å². The normalized spacial score (nSPS) is 50.5. The lowest BCUT2D eigenvalue weighted by atomic mass is 9.45. The van der Waals surface area contributed by atoms with Gasteiger partial charge < -0.3 is 34.9 Å². The fourth-order valence-electron chi connectivity index (χ4n) is 9.21. The van der Waals surface area contributed by atoms with Crippen molar-refractivity contribution in [2.45, 2.75) is 120 Å². The Bertz CT molecular complexity index is 1130. The first-order valence-corrected chi connectivity index (χ1v) is 14.4. The van der Waals surface area contributed by atoms with Crippen molar-refractivity contribution < 1.29 is 29.2 Å². The third kappa shape index (κ3) is 3.82. The molecule has 0 unspecified atom stereocenters. The lowest BCUT2D eigenvalue weighted by Crippen LogP contribution is -2.61. The quantitative estimate of drug-likeness (QED) is 0.439. The summed E-state index contributed by atoms with van der Waals surface area (Å²) in [6.07, 6.45) is 7.33. The highest BCUT2D eigenvalue weighted by Gasteiger charge is 2.66. The summed E-state index contributed by atoms with van der Waals surface area (Å²) in [4.78, 5) is 11.5. The van der Waals surface area contributed by atoms with E-state index in [-0.39, 0.29) is 34.4 Å². The molecule has 8 nitrogen and oxygen atoms in total. The predicted molar refractivity (Wildman–Crippen MR) is 140 cm³/mol. The second kappa shape index (κ2) is 9.25. The Kier molecular flexibility index (Phi) is 6.49. The molecule has 1 aromatic rings. The summed E-state index contributed by atoms with van der Waals surface area (Å²) in [5.74, 6) is 0.799. The zero-order chi connectivity index (χ0) is 27.0. The van der Waals surface area contributed by atoms with Gasteiger partial charge in [0.25, 0.3) is 0 Å². The van der Waals surface area contributed by atoms with E-state index in [4.69, 9.17) is 19.6 Å². The summed E-state index contributed by atoms with van der Waals surface area (Å²) in [7, 11) is 0. The van der Waals surface area contributed by atoms with Gasteiger partial charge in [-0.05, 0) is 93.1 Å². The molecule has 12 atom stereocenters. The standard InChI is InChI=1S/C30H43NO7/c1-16-24(31)25(33)26(34)27(37-16)38-19-8-11-28(2)18(14-19)5-6-22-21(28)9-12-29(3)20(10-13-30(22,29)35)17-4-7-23(32)36-15-17/h4,7,14-16,19-22,24-27,33-35H,5-6,8-13,31H2,1-3H3/t16-,19-,20+,21-,22+,24-,25+,26+,27-,28-,29+,30-/m0/s1.